The van der Waals surface area contributed by atoms with Crippen molar-refractivity contribution in [2.75, 3.05) is 39.7 Å². The summed E-state index contributed by atoms with van der Waals surface area (Å²) in [6, 6.07) is 17.8. The number of benzene rings is 2. The van der Waals surface area contributed by atoms with Gasteiger partial charge in [0, 0.05) is 30.3 Å². The van der Waals surface area contributed by atoms with Gasteiger partial charge in [0.1, 0.15) is 30.3 Å². The Morgan fingerprint density at radius 2 is 1.79 bits per heavy atom. The van der Waals surface area contributed by atoms with Crippen LogP contribution in [0.5, 0.6) is 11.5 Å². The predicted molar refractivity (Wildman–Crippen MR) is 112 cm³/mol. The highest BCUT2D eigenvalue weighted by atomic mass is 16.5. The Kier molecular flexibility index (Phi) is 6.81. The molecule has 28 heavy (non-hydrogen) atoms. The topological polar surface area (TPSA) is 59.5 Å². The number of nitrogens with one attached hydrogen (secondary N) is 1. The number of rotatable bonds is 9. The van der Waals surface area contributed by atoms with E-state index in [2.05, 4.69) is 26.3 Å². The van der Waals surface area contributed by atoms with Crippen molar-refractivity contribution >= 4 is 5.82 Å². The van der Waals surface area contributed by atoms with E-state index in [4.69, 9.17) is 9.47 Å². The van der Waals surface area contributed by atoms with Crippen LogP contribution in [0.4, 0.5) is 5.82 Å². The summed E-state index contributed by atoms with van der Waals surface area (Å²) in [6.45, 7) is 2.15. The van der Waals surface area contributed by atoms with Gasteiger partial charge in [-0.15, -0.1) is 0 Å². The second-order valence-corrected chi connectivity index (χ2v) is 6.63. The molecule has 0 bridgehead atoms. The minimum Gasteiger partial charge on any atom is -0.497 e. The standard InChI is InChI=1S/C22H26N4O2/c1-26(2)12-13-28-21-7-5-4-6-18(21)15-23-22-14-20(24-16-25-22)17-8-10-19(27-3)11-9-17/h4-11,14,16H,12-13,15H2,1-3H3,(H,23,24,25). The monoisotopic (exact) mass is 378 g/mol. The molecule has 0 aliphatic rings. The molecule has 0 radical (unpaired) electrons. The second-order valence-electron chi connectivity index (χ2n) is 6.63. The molecule has 0 fully saturated rings. The maximum atomic E-state index is 5.92. The third-order valence-corrected chi connectivity index (χ3v) is 4.28. The molecule has 2 aromatic carbocycles. The van der Waals surface area contributed by atoms with Crippen molar-refractivity contribution < 1.29 is 9.47 Å². The lowest BCUT2D eigenvalue weighted by Crippen LogP contribution is -2.19. The van der Waals surface area contributed by atoms with Gasteiger partial charge < -0.3 is 19.7 Å². The van der Waals surface area contributed by atoms with Crippen LogP contribution in [-0.4, -0.2) is 49.2 Å². The molecule has 1 N–H and O–H groups in total. The number of nitrogens with zero attached hydrogens (tertiary/aromatic N) is 3. The number of hydrogen-bond donors (Lipinski definition) is 1. The Morgan fingerprint density at radius 3 is 2.54 bits per heavy atom. The zero-order valence-electron chi connectivity index (χ0n) is 16.6. The molecule has 0 aliphatic heterocycles. The largest absolute Gasteiger partial charge is 0.497 e. The first-order valence-electron chi connectivity index (χ1n) is 9.21. The maximum Gasteiger partial charge on any atom is 0.130 e. The van der Waals surface area contributed by atoms with E-state index in [1.165, 1.54) is 0 Å². The lowest BCUT2D eigenvalue weighted by molar-refractivity contribution is 0.259. The fraction of sp³-hybridized carbons (Fsp3) is 0.273. The van der Waals surface area contributed by atoms with Crippen molar-refractivity contribution in [3.05, 3.63) is 66.5 Å². The van der Waals surface area contributed by atoms with Crippen molar-refractivity contribution in [3.63, 3.8) is 0 Å². The van der Waals surface area contributed by atoms with Crippen LogP contribution < -0.4 is 14.8 Å². The summed E-state index contributed by atoms with van der Waals surface area (Å²) in [6.07, 6.45) is 1.57. The molecule has 6 heteroatoms. The summed E-state index contributed by atoms with van der Waals surface area (Å²) in [5.41, 5.74) is 2.96. The van der Waals surface area contributed by atoms with Crippen LogP contribution in [0.1, 0.15) is 5.56 Å². The number of aromatic nitrogens is 2. The lowest BCUT2D eigenvalue weighted by atomic mass is 10.1. The van der Waals surface area contributed by atoms with Crippen LogP contribution in [0.3, 0.4) is 0 Å². The summed E-state index contributed by atoms with van der Waals surface area (Å²) in [7, 11) is 5.72. The number of para-hydroxylation sites is 1. The van der Waals surface area contributed by atoms with Crippen molar-refractivity contribution in [1.82, 2.24) is 14.9 Å². The zero-order chi connectivity index (χ0) is 19.8. The van der Waals surface area contributed by atoms with Gasteiger partial charge in [-0.2, -0.15) is 0 Å². The summed E-state index contributed by atoms with van der Waals surface area (Å²) in [4.78, 5) is 10.8. The van der Waals surface area contributed by atoms with E-state index < -0.39 is 0 Å². The molecule has 0 unspecified atom stereocenters. The van der Waals surface area contributed by atoms with Gasteiger partial charge in [0.15, 0.2) is 0 Å². The molecule has 0 amide bonds. The summed E-state index contributed by atoms with van der Waals surface area (Å²) in [5.74, 6) is 2.48. The minimum atomic E-state index is 0.622. The van der Waals surface area contributed by atoms with E-state index in [0.29, 0.717) is 13.2 Å². The number of ether oxygens (including phenoxy) is 2. The van der Waals surface area contributed by atoms with Gasteiger partial charge in [-0.3, -0.25) is 0 Å². The molecule has 146 valence electrons. The molecule has 0 atom stereocenters. The molecule has 0 saturated carbocycles. The minimum absolute atomic E-state index is 0.622. The summed E-state index contributed by atoms with van der Waals surface area (Å²) < 4.78 is 11.1. The second kappa shape index (κ2) is 9.71. The summed E-state index contributed by atoms with van der Waals surface area (Å²) >= 11 is 0. The molecule has 1 heterocycles. The fourth-order valence-electron chi connectivity index (χ4n) is 2.69. The normalized spacial score (nSPS) is 10.7. The third-order valence-electron chi connectivity index (χ3n) is 4.28. The molecule has 3 rings (SSSR count). The third kappa shape index (κ3) is 5.44. The fourth-order valence-corrected chi connectivity index (χ4v) is 2.69. The lowest BCUT2D eigenvalue weighted by Gasteiger charge is -2.14. The van der Waals surface area contributed by atoms with E-state index in [9.17, 15) is 0 Å². The van der Waals surface area contributed by atoms with Crippen molar-refractivity contribution in [2.24, 2.45) is 0 Å². The highest BCUT2D eigenvalue weighted by Crippen LogP contribution is 2.23. The van der Waals surface area contributed by atoms with Gasteiger partial charge >= 0.3 is 0 Å². The summed E-state index contributed by atoms with van der Waals surface area (Å²) in [5, 5.41) is 3.37. The van der Waals surface area contributed by atoms with Crippen LogP contribution in [-0.2, 0) is 6.54 Å². The van der Waals surface area contributed by atoms with Crippen molar-refractivity contribution in [1.29, 1.82) is 0 Å². The maximum absolute atomic E-state index is 5.92. The number of anilines is 1. The van der Waals surface area contributed by atoms with Crippen LogP contribution in [0, 0.1) is 0 Å². The van der Waals surface area contributed by atoms with Crippen LogP contribution >= 0.6 is 0 Å². The number of hydrogen-bond acceptors (Lipinski definition) is 6. The molecular weight excluding hydrogens is 352 g/mol. The first-order chi connectivity index (χ1) is 13.7. The van der Waals surface area contributed by atoms with Crippen LogP contribution in [0.25, 0.3) is 11.3 Å². The quantitative estimate of drug-likeness (QED) is 0.613. The zero-order valence-corrected chi connectivity index (χ0v) is 16.6. The molecule has 0 aliphatic carbocycles. The van der Waals surface area contributed by atoms with Gasteiger partial charge in [-0.25, -0.2) is 9.97 Å². The van der Waals surface area contributed by atoms with Crippen LogP contribution in [0.15, 0.2) is 60.9 Å². The van der Waals surface area contributed by atoms with Crippen molar-refractivity contribution in [3.8, 4) is 22.8 Å². The van der Waals surface area contributed by atoms with E-state index in [1.807, 2.05) is 62.6 Å². The van der Waals surface area contributed by atoms with Crippen molar-refractivity contribution in [2.45, 2.75) is 6.54 Å². The SMILES string of the molecule is COc1ccc(-c2cc(NCc3ccccc3OCCN(C)C)ncn2)cc1. The molecule has 3 aromatic rings. The van der Waals surface area contributed by atoms with E-state index in [1.54, 1.807) is 13.4 Å². The Bertz CT molecular complexity index is 882. The molecule has 0 saturated heterocycles. The smallest absolute Gasteiger partial charge is 0.130 e. The van der Waals surface area contributed by atoms with E-state index in [-0.39, 0.29) is 0 Å². The Labute approximate surface area is 166 Å². The average Bonchev–Trinajstić information content (AvgIpc) is 2.73. The Balaban J connectivity index is 1.66. The van der Waals surface area contributed by atoms with E-state index >= 15 is 0 Å². The van der Waals surface area contributed by atoms with Gasteiger partial charge in [-0.05, 0) is 44.4 Å². The average molecular weight is 378 g/mol. The number of likely N-dealkylation sites (N-methyl/N-ethyl adjacent to an activating group) is 1. The Hall–Kier alpha value is -3.12. The molecule has 1 aromatic heterocycles. The first kappa shape index (κ1) is 19.6. The van der Waals surface area contributed by atoms with Gasteiger partial charge in [0.05, 0.1) is 12.8 Å². The van der Waals surface area contributed by atoms with Gasteiger partial charge in [0.25, 0.3) is 0 Å². The van der Waals surface area contributed by atoms with Gasteiger partial charge in [-0.1, -0.05) is 18.2 Å². The van der Waals surface area contributed by atoms with Gasteiger partial charge in [0.2, 0.25) is 0 Å². The molecule has 6 nitrogen and oxygen atoms in total. The number of methoxy groups -OCH3 is 1. The molecular formula is C22H26N4O2. The highest BCUT2D eigenvalue weighted by molar-refractivity contribution is 5.63. The van der Waals surface area contributed by atoms with E-state index in [0.717, 1.165) is 40.7 Å². The van der Waals surface area contributed by atoms with Crippen LogP contribution in [0.2, 0.25) is 0 Å². The first-order valence-corrected chi connectivity index (χ1v) is 9.21. The predicted octanol–water partition coefficient (Wildman–Crippen LogP) is 3.70. The Morgan fingerprint density at radius 1 is 1.00 bits per heavy atom. The highest BCUT2D eigenvalue weighted by Gasteiger charge is 2.06. The molecule has 0 spiro atoms.